The van der Waals surface area contributed by atoms with Crippen molar-refractivity contribution in [3.05, 3.63) is 12.4 Å². The summed E-state index contributed by atoms with van der Waals surface area (Å²) in [6.07, 6.45) is 6.69. The second kappa shape index (κ2) is 6.50. The van der Waals surface area contributed by atoms with Gasteiger partial charge in [-0.3, -0.25) is 0 Å². The molecule has 6 heteroatoms. The van der Waals surface area contributed by atoms with E-state index in [1.807, 2.05) is 11.0 Å². The van der Waals surface area contributed by atoms with Crippen molar-refractivity contribution in [1.29, 1.82) is 0 Å². The summed E-state index contributed by atoms with van der Waals surface area (Å²) < 4.78 is 0. The lowest BCUT2D eigenvalue weighted by molar-refractivity contribution is -0.139. The van der Waals surface area contributed by atoms with Gasteiger partial charge >= 0.3 is 5.97 Å². The predicted octanol–water partition coefficient (Wildman–Crippen LogP) is 2.16. The first-order valence-corrected chi connectivity index (χ1v) is 8.21. The smallest absolute Gasteiger partial charge is 0.326 e. The van der Waals surface area contributed by atoms with Crippen molar-refractivity contribution in [2.75, 3.05) is 29.4 Å². The van der Waals surface area contributed by atoms with Gasteiger partial charge in [-0.1, -0.05) is 6.92 Å². The Bertz CT molecular complexity index is 537. The Morgan fingerprint density at radius 1 is 1.18 bits per heavy atom. The number of piperidine rings is 2. The number of hydrogen-bond donors (Lipinski definition) is 1. The van der Waals surface area contributed by atoms with Crippen LogP contribution in [0.3, 0.4) is 0 Å². The van der Waals surface area contributed by atoms with Crippen molar-refractivity contribution in [1.82, 2.24) is 9.97 Å². The molecule has 2 aliphatic heterocycles. The third-order valence-electron chi connectivity index (χ3n) is 4.70. The van der Waals surface area contributed by atoms with Crippen molar-refractivity contribution < 1.29 is 9.90 Å². The van der Waals surface area contributed by atoms with E-state index >= 15 is 0 Å². The molecule has 1 aromatic heterocycles. The standard InChI is InChI=1S/C16H24N4O2/c1-12-5-4-7-19(10-12)14-9-15(18-11-17-14)20-8-3-2-6-13(20)16(21)22/h9,11-13H,2-8,10H2,1H3,(H,21,22). The van der Waals surface area contributed by atoms with Crippen LogP contribution in [0.4, 0.5) is 11.6 Å². The zero-order chi connectivity index (χ0) is 15.5. The minimum Gasteiger partial charge on any atom is -0.480 e. The van der Waals surface area contributed by atoms with E-state index < -0.39 is 12.0 Å². The van der Waals surface area contributed by atoms with E-state index in [0.717, 1.165) is 44.1 Å². The Balaban J connectivity index is 1.82. The monoisotopic (exact) mass is 304 g/mol. The molecule has 0 spiro atoms. The summed E-state index contributed by atoms with van der Waals surface area (Å²) >= 11 is 0. The van der Waals surface area contributed by atoms with E-state index in [2.05, 4.69) is 21.8 Å². The quantitative estimate of drug-likeness (QED) is 0.923. The molecule has 0 saturated carbocycles. The molecule has 3 rings (SSSR count). The van der Waals surface area contributed by atoms with E-state index in [-0.39, 0.29) is 0 Å². The molecule has 0 amide bonds. The molecule has 0 aromatic carbocycles. The first-order valence-electron chi connectivity index (χ1n) is 8.21. The van der Waals surface area contributed by atoms with Gasteiger partial charge < -0.3 is 14.9 Å². The average Bonchev–Trinajstić information content (AvgIpc) is 2.55. The number of carbonyl (C=O) groups is 1. The van der Waals surface area contributed by atoms with Gasteiger partial charge in [-0.25, -0.2) is 14.8 Å². The van der Waals surface area contributed by atoms with Crippen LogP contribution >= 0.6 is 0 Å². The van der Waals surface area contributed by atoms with Gasteiger partial charge in [0.2, 0.25) is 0 Å². The molecule has 120 valence electrons. The van der Waals surface area contributed by atoms with Gasteiger partial charge in [-0.2, -0.15) is 0 Å². The number of anilines is 2. The molecule has 2 saturated heterocycles. The van der Waals surface area contributed by atoms with Crippen molar-refractivity contribution in [2.24, 2.45) is 5.92 Å². The Morgan fingerprint density at radius 2 is 2.00 bits per heavy atom. The second-order valence-corrected chi connectivity index (χ2v) is 6.47. The lowest BCUT2D eigenvalue weighted by Crippen LogP contribution is -2.45. The molecule has 1 aromatic rings. The third kappa shape index (κ3) is 3.15. The van der Waals surface area contributed by atoms with Crippen molar-refractivity contribution in [3.63, 3.8) is 0 Å². The van der Waals surface area contributed by atoms with E-state index in [1.165, 1.54) is 12.8 Å². The number of hydrogen-bond acceptors (Lipinski definition) is 5. The Hall–Kier alpha value is -1.85. The topological polar surface area (TPSA) is 69.6 Å². The minimum absolute atomic E-state index is 0.461. The highest BCUT2D eigenvalue weighted by molar-refractivity contribution is 5.78. The summed E-state index contributed by atoms with van der Waals surface area (Å²) in [4.78, 5) is 24.4. The molecule has 6 nitrogen and oxygen atoms in total. The first kappa shape index (κ1) is 15.1. The fourth-order valence-electron chi connectivity index (χ4n) is 3.53. The van der Waals surface area contributed by atoms with Crippen molar-refractivity contribution >= 4 is 17.6 Å². The van der Waals surface area contributed by atoms with Gasteiger partial charge in [0.05, 0.1) is 0 Å². The molecule has 2 aliphatic rings. The highest BCUT2D eigenvalue weighted by atomic mass is 16.4. The third-order valence-corrected chi connectivity index (χ3v) is 4.70. The molecular weight excluding hydrogens is 280 g/mol. The zero-order valence-corrected chi connectivity index (χ0v) is 13.1. The Morgan fingerprint density at radius 3 is 2.77 bits per heavy atom. The largest absolute Gasteiger partial charge is 0.480 e. The van der Waals surface area contributed by atoms with E-state index in [9.17, 15) is 9.90 Å². The summed E-state index contributed by atoms with van der Waals surface area (Å²) in [7, 11) is 0. The van der Waals surface area contributed by atoms with Crippen molar-refractivity contribution in [2.45, 2.75) is 45.1 Å². The molecule has 0 aliphatic carbocycles. The number of nitrogens with zero attached hydrogens (tertiary/aromatic N) is 4. The Labute approximate surface area is 131 Å². The molecule has 2 atom stereocenters. The molecule has 2 fully saturated rings. The van der Waals surface area contributed by atoms with Crippen LogP contribution < -0.4 is 9.80 Å². The number of aliphatic carboxylic acids is 1. The van der Waals surface area contributed by atoms with Crippen LogP contribution in [0.5, 0.6) is 0 Å². The Kier molecular flexibility index (Phi) is 4.45. The van der Waals surface area contributed by atoms with Crippen LogP contribution in [0.25, 0.3) is 0 Å². The summed E-state index contributed by atoms with van der Waals surface area (Å²) in [6, 6.07) is 1.50. The van der Waals surface area contributed by atoms with Gasteiger partial charge in [0.25, 0.3) is 0 Å². The molecule has 22 heavy (non-hydrogen) atoms. The SMILES string of the molecule is CC1CCCN(c2cc(N3CCCCC3C(=O)O)ncn2)C1. The second-order valence-electron chi connectivity index (χ2n) is 6.47. The summed E-state index contributed by atoms with van der Waals surface area (Å²) in [6.45, 7) is 5.05. The molecular formula is C16H24N4O2. The lowest BCUT2D eigenvalue weighted by Gasteiger charge is -2.35. The van der Waals surface area contributed by atoms with E-state index in [4.69, 9.17) is 0 Å². The van der Waals surface area contributed by atoms with Gasteiger partial charge in [-0.05, 0) is 38.0 Å². The predicted molar refractivity (Wildman–Crippen MR) is 85.3 cm³/mol. The number of carboxylic acid groups (broad SMARTS) is 1. The molecule has 3 heterocycles. The van der Waals surface area contributed by atoms with Crippen LogP contribution in [-0.2, 0) is 4.79 Å². The highest BCUT2D eigenvalue weighted by Crippen LogP contribution is 2.27. The maximum atomic E-state index is 11.5. The highest BCUT2D eigenvalue weighted by Gasteiger charge is 2.30. The van der Waals surface area contributed by atoms with Crippen LogP contribution in [0.2, 0.25) is 0 Å². The molecule has 0 radical (unpaired) electrons. The molecule has 2 unspecified atom stereocenters. The number of carboxylic acids is 1. The zero-order valence-electron chi connectivity index (χ0n) is 13.1. The van der Waals surface area contributed by atoms with Gasteiger partial charge in [0.1, 0.15) is 24.0 Å². The molecule has 1 N–H and O–H groups in total. The van der Waals surface area contributed by atoms with Gasteiger partial charge in [0, 0.05) is 25.7 Å². The maximum absolute atomic E-state index is 11.5. The maximum Gasteiger partial charge on any atom is 0.326 e. The van der Waals surface area contributed by atoms with Crippen LogP contribution in [0.15, 0.2) is 12.4 Å². The summed E-state index contributed by atoms with van der Waals surface area (Å²) in [5.41, 5.74) is 0. The number of rotatable bonds is 3. The first-order chi connectivity index (χ1) is 10.6. The van der Waals surface area contributed by atoms with E-state index in [1.54, 1.807) is 6.33 Å². The van der Waals surface area contributed by atoms with Crippen LogP contribution in [0.1, 0.15) is 39.0 Å². The molecule has 0 bridgehead atoms. The van der Waals surface area contributed by atoms with Gasteiger partial charge in [0.15, 0.2) is 0 Å². The fraction of sp³-hybridized carbons (Fsp3) is 0.688. The van der Waals surface area contributed by atoms with Gasteiger partial charge in [-0.15, -0.1) is 0 Å². The van der Waals surface area contributed by atoms with E-state index in [0.29, 0.717) is 12.3 Å². The minimum atomic E-state index is -0.758. The van der Waals surface area contributed by atoms with Crippen molar-refractivity contribution in [3.8, 4) is 0 Å². The van der Waals surface area contributed by atoms with Crippen LogP contribution in [-0.4, -0.2) is 46.7 Å². The summed E-state index contributed by atoms with van der Waals surface area (Å²) in [5.74, 6) is 1.59. The summed E-state index contributed by atoms with van der Waals surface area (Å²) in [5, 5.41) is 9.43. The number of aromatic nitrogens is 2. The fourth-order valence-corrected chi connectivity index (χ4v) is 3.53. The average molecular weight is 304 g/mol. The van der Waals surface area contributed by atoms with Crippen LogP contribution in [0, 0.1) is 5.92 Å². The lowest BCUT2D eigenvalue weighted by atomic mass is 10.0. The normalized spacial score (nSPS) is 26.0.